The first kappa shape index (κ1) is 13.0. The van der Waals surface area contributed by atoms with Crippen LogP contribution in [0.25, 0.3) is 0 Å². The normalized spacial score (nSPS) is 18.0. The molecule has 100 valence electrons. The van der Waals surface area contributed by atoms with E-state index in [1.807, 2.05) is 0 Å². The Hall–Kier alpha value is -1.43. The van der Waals surface area contributed by atoms with Gasteiger partial charge in [-0.05, 0) is 45.1 Å². The molecule has 6 heteroatoms. The average molecular weight is 257 g/mol. The van der Waals surface area contributed by atoms with Crippen molar-refractivity contribution in [2.24, 2.45) is 0 Å². The van der Waals surface area contributed by atoms with Gasteiger partial charge in [0.1, 0.15) is 11.6 Å². The molecule has 4 nitrogen and oxygen atoms in total. The van der Waals surface area contributed by atoms with Crippen LogP contribution in [-0.2, 0) is 0 Å². The number of rotatable bonds is 4. The van der Waals surface area contributed by atoms with Gasteiger partial charge in [0.05, 0.1) is 6.20 Å². The van der Waals surface area contributed by atoms with E-state index >= 15 is 0 Å². The van der Waals surface area contributed by atoms with Gasteiger partial charge in [-0.15, -0.1) is 0 Å². The molecule has 1 aliphatic rings. The second-order valence-electron chi connectivity index (χ2n) is 4.48. The molecule has 1 saturated heterocycles. The second kappa shape index (κ2) is 5.95. The molecule has 2 heterocycles. The van der Waals surface area contributed by atoms with Crippen molar-refractivity contribution in [1.82, 2.24) is 9.88 Å². The molecule has 0 saturated carbocycles. The van der Waals surface area contributed by atoms with Crippen molar-refractivity contribution in [3.8, 4) is 5.75 Å². The first-order valence-electron chi connectivity index (χ1n) is 5.99. The zero-order valence-electron chi connectivity index (χ0n) is 10.3. The van der Waals surface area contributed by atoms with Gasteiger partial charge in [0, 0.05) is 6.04 Å². The lowest BCUT2D eigenvalue weighted by Crippen LogP contribution is -2.36. The topological polar surface area (TPSA) is 37.4 Å². The van der Waals surface area contributed by atoms with E-state index < -0.39 is 6.61 Å². The van der Waals surface area contributed by atoms with E-state index in [1.54, 1.807) is 6.07 Å². The predicted molar refractivity (Wildman–Crippen MR) is 65.0 cm³/mol. The SMILES string of the molecule is CN1CCC(Nc2ccc(OC(F)F)cn2)CC1. The molecule has 0 bridgehead atoms. The van der Waals surface area contributed by atoms with Gasteiger partial charge in [-0.1, -0.05) is 0 Å². The number of nitrogens with one attached hydrogen (secondary N) is 1. The summed E-state index contributed by atoms with van der Waals surface area (Å²) in [5, 5.41) is 3.30. The van der Waals surface area contributed by atoms with Crippen LogP contribution >= 0.6 is 0 Å². The van der Waals surface area contributed by atoms with Crippen molar-refractivity contribution >= 4 is 5.82 Å². The third-order valence-corrected chi connectivity index (χ3v) is 3.03. The molecule has 0 radical (unpaired) electrons. The van der Waals surface area contributed by atoms with Crippen LogP contribution in [0.15, 0.2) is 18.3 Å². The van der Waals surface area contributed by atoms with Gasteiger partial charge < -0.3 is 15.0 Å². The van der Waals surface area contributed by atoms with Crippen LogP contribution in [0.1, 0.15) is 12.8 Å². The Morgan fingerprint density at radius 1 is 1.39 bits per heavy atom. The third-order valence-electron chi connectivity index (χ3n) is 3.03. The largest absolute Gasteiger partial charge is 0.433 e. The van der Waals surface area contributed by atoms with Crippen molar-refractivity contribution in [3.63, 3.8) is 0 Å². The summed E-state index contributed by atoms with van der Waals surface area (Å²) >= 11 is 0. The van der Waals surface area contributed by atoms with Crippen LogP contribution in [0.2, 0.25) is 0 Å². The molecule has 0 aliphatic carbocycles. The van der Waals surface area contributed by atoms with Gasteiger partial charge in [-0.3, -0.25) is 0 Å². The molecule has 2 rings (SSSR count). The van der Waals surface area contributed by atoms with Crippen molar-refractivity contribution < 1.29 is 13.5 Å². The molecule has 0 unspecified atom stereocenters. The monoisotopic (exact) mass is 257 g/mol. The quantitative estimate of drug-likeness (QED) is 0.897. The molecule has 1 aromatic rings. The predicted octanol–water partition coefficient (Wildman–Crippen LogP) is 2.19. The summed E-state index contributed by atoms with van der Waals surface area (Å²) in [5.41, 5.74) is 0. The third kappa shape index (κ3) is 3.80. The summed E-state index contributed by atoms with van der Waals surface area (Å²) in [7, 11) is 2.10. The highest BCUT2D eigenvalue weighted by Crippen LogP contribution is 2.17. The summed E-state index contributed by atoms with van der Waals surface area (Å²) in [5.74, 6) is 0.782. The van der Waals surface area contributed by atoms with E-state index in [9.17, 15) is 8.78 Å². The van der Waals surface area contributed by atoms with E-state index in [1.165, 1.54) is 12.3 Å². The van der Waals surface area contributed by atoms with E-state index in [4.69, 9.17) is 0 Å². The van der Waals surface area contributed by atoms with Crippen molar-refractivity contribution in [2.75, 3.05) is 25.5 Å². The smallest absolute Gasteiger partial charge is 0.387 e. The van der Waals surface area contributed by atoms with Gasteiger partial charge in [-0.25, -0.2) is 4.98 Å². The molecule has 1 aliphatic heterocycles. The highest BCUT2D eigenvalue weighted by atomic mass is 19.3. The van der Waals surface area contributed by atoms with Gasteiger partial charge in [0.15, 0.2) is 0 Å². The molecular formula is C12H17F2N3O. The number of hydrogen-bond acceptors (Lipinski definition) is 4. The van der Waals surface area contributed by atoms with Crippen LogP contribution in [0.3, 0.4) is 0 Å². The highest BCUT2D eigenvalue weighted by Gasteiger charge is 2.16. The van der Waals surface area contributed by atoms with Gasteiger partial charge in [0.25, 0.3) is 0 Å². The Labute approximate surface area is 105 Å². The van der Waals surface area contributed by atoms with Crippen molar-refractivity contribution in [2.45, 2.75) is 25.5 Å². The van der Waals surface area contributed by atoms with E-state index in [0.717, 1.165) is 25.9 Å². The maximum Gasteiger partial charge on any atom is 0.387 e. The minimum atomic E-state index is -2.81. The maximum atomic E-state index is 12.0. The molecule has 0 atom stereocenters. The van der Waals surface area contributed by atoms with Crippen LogP contribution in [-0.4, -0.2) is 42.7 Å². The fraction of sp³-hybridized carbons (Fsp3) is 0.583. The number of aromatic nitrogens is 1. The Morgan fingerprint density at radius 3 is 2.67 bits per heavy atom. The summed E-state index contributed by atoms with van der Waals surface area (Å²) in [6.07, 6.45) is 3.43. The number of piperidine rings is 1. The minimum absolute atomic E-state index is 0.0823. The Bertz CT molecular complexity index is 364. The van der Waals surface area contributed by atoms with E-state index in [2.05, 4.69) is 27.0 Å². The van der Waals surface area contributed by atoms with Crippen LogP contribution in [0, 0.1) is 0 Å². The molecule has 1 fully saturated rings. The Morgan fingerprint density at radius 2 is 2.11 bits per heavy atom. The summed E-state index contributed by atoms with van der Waals surface area (Å²) in [4.78, 5) is 6.34. The second-order valence-corrected chi connectivity index (χ2v) is 4.48. The number of halogens is 2. The van der Waals surface area contributed by atoms with Crippen molar-refractivity contribution in [3.05, 3.63) is 18.3 Å². The highest BCUT2D eigenvalue weighted by molar-refractivity contribution is 5.38. The summed E-state index contributed by atoms with van der Waals surface area (Å²) in [6, 6.07) is 3.56. The zero-order valence-corrected chi connectivity index (χ0v) is 10.3. The molecular weight excluding hydrogens is 240 g/mol. The number of likely N-dealkylation sites (tertiary alicyclic amines) is 1. The average Bonchev–Trinajstić information content (AvgIpc) is 2.34. The lowest BCUT2D eigenvalue weighted by molar-refractivity contribution is -0.0500. The lowest BCUT2D eigenvalue weighted by atomic mass is 10.1. The number of alkyl halides is 2. The fourth-order valence-corrected chi connectivity index (χ4v) is 2.00. The number of ether oxygens (including phenoxy) is 1. The minimum Gasteiger partial charge on any atom is -0.433 e. The summed E-state index contributed by atoms with van der Waals surface area (Å²) in [6.45, 7) is -0.686. The fourth-order valence-electron chi connectivity index (χ4n) is 2.00. The van der Waals surface area contributed by atoms with Crippen molar-refractivity contribution in [1.29, 1.82) is 0 Å². The first-order chi connectivity index (χ1) is 8.63. The van der Waals surface area contributed by atoms with Crippen LogP contribution < -0.4 is 10.1 Å². The number of pyridine rings is 1. The molecule has 1 N–H and O–H groups in total. The molecule has 0 amide bonds. The molecule has 18 heavy (non-hydrogen) atoms. The standard InChI is InChI=1S/C12H17F2N3O/c1-17-6-4-9(5-7-17)16-11-3-2-10(8-15-11)18-12(13)14/h2-3,8-9,12H,4-7H2,1H3,(H,15,16). The van der Waals surface area contributed by atoms with E-state index in [-0.39, 0.29) is 5.75 Å². The summed E-state index contributed by atoms with van der Waals surface area (Å²) < 4.78 is 28.2. The zero-order chi connectivity index (χ0) is 13.0. The van der Waals surface area contributed by atoms with E-state index in [0.29, 0.717) is 11.9 Å². The molecule has 1 aromatic heterocycles. The maximum absolute atomic E-state index is 12.0. The Kier molecular flexibility index (Phi) is 4.30. The Balaban J connectivity index is 1.86. The molecule has 0 aromatic carbocycles. The van der Waals surface area contributed by atoms with Gasteiger partial charge >= 0.3 is 6.61 Å². The van der Waals surface area contributed by atoms with Crippen LogP contribution in [0.5, 0.6) is 5.75 Å². The van der Waals surface area contributed by atoms with Gasteiger partial charge in [-0.2, -0.15) is 8.78 Å². The van der Waals surface area contributed by atoms with Crippen LogP contribution in [0.4, 0.5) is 14.6 Å². The number of nitrogens with zero attached hydrogens (tertiary/aromatic N) is 2. The number of hydrogen-bond donors (Lipinski definition) is 1. The molecule has 0 spiro atoms. The lowest BCUT2D eigenvalue weighted by Gasteiger charge is -2.29. The number of anilines is 1. The van der Waals surface area contributed by atoms with Gasteiger partial charge in [0.2, 0.25) is 0 Å². The first-order valence-corrected chi connectivity index (χ1v) is 5.99.